The second-order valence-corrected chi connectivity index (χ2v) is 8.46. The number of amides is 2. The zero-order valence-electron chi connectivity index (χ0n) is 19.8. The number of fused-ring (bicyclic) bond motifs is 3. The maximum absolute atomic E-state index is 12.3. The number of hydrogen-bond donors (Lipinski definition) is 3. The number of carboxylic acids is 1. The molecule has 9 nitrogen and oxygen atoms in total. The third-order valence-electron chi connectivity index (χ3n) is 6.12. The van der Waals surface area contributed by atoms with Crippen LogP contribution in [0.4, 0.5) is 4.79 Å². The van der Waals surface area contributed by atoms with Crippen molar-refractivity contribution in [3.8, 4) is 11.1 Å². The van der Waals surface area contributed by atoms with Gasteiger partial charge in [-0.05, 0) is 35.1 Å². The van der Waals surface area contributed by atoms with E-state index in [0.29, 0.717) is 6.42 Å². The summed E-state index contributed by atoms with van der Waals surface area (Å²) in [7, 11) is 1.21. The third-order valence-corrected chi connectivity index (χ3v) is 6.12. The Morgan fingerprint density at radius 3 is 2.14 bits per heavy atom. The van der Waals surface area contributed by atoms with E-state index in [9.17, 15) is 24.3 Å². The fourth-order valence-electron chi connectivity index (χ4n) is 4.11. The molecular formula is C26H30N2O7. The third kappa shape index (κ3) is 6.59. The highest BCUT2D eigenvalue weighted by molar-refractivity contribution is 5.85. The van der Waals surface area contributed by atoms with Gasteiger partial charge in [-0.15, -0.1) is 0 Å². The highest BCUT2D eigenvalue weighted by Gasteiger charge is 2.29. The number of benzene rings is 2. The van der Waals surface area contributed by atoms with E-state index in [-0.39, 0.29) is 31.9 Å². The monoisotopic (exact) mass is 482 g/mol. The quantitative estimate of drug-likeness (QED) is 0.420. The first-order chi connectivity index (χ1) is 16.8. The van der Waals surface area contributed by atoms with E-state index in [4.69, 9.17) is 4.74 Å². The molecule has 1 aliphatic carbocycles. The Bertz CT molecular complexity index is 1040. The minimum atomic E-state index is -1.23. The van der Waals surface area contributed by atoms with E-state index in [0.717, 1.165) is 22.3 Å². The van der Waals surface area contributed by atoms with Crippen LogP contribution in [-0.4, -0.2) is 55.3 Å². The number of methoxy groups -OCH3 is 1. The second kappa shape index (κ2) is 12.0. The van der Waals surface area contributed by atoms with Gasteiger partial charge in [0.25, 0.3) is 0 Å². The molecule has 2 amide bonds. The van der Waals surface area contributed by atoms with Crippen molar-refractivity contribution in [2.45, 2.75) is 38.1 Å². The number of aliphatic carboxylic acids is 1. The highest BCUT2D eigenvalue weighted by Crippen LogP contribution is 2.44. The zero-order chi connectivity index (χ0) is 25.4. The van der Waals surface area contributed by atoms with E-state index >= 15 is 0 Å². The molecule has 2 aromatic rings. The Morgan fingerprint density at radius 2 is 1.57 bits per heavy atom. The summed E-state index contributed by atoms with van der Waals surface area (Å²) in [5.74, 6) is -2.85. The molecule has 9 heteroatoms. The maximum atomic E-state index is 12.3. The Morgan fingerprint density at radius 1 is 0.971 bits per heavy atom. The summed E-state index contributed by atoms with van der Waals surface area (Å²) < 4.78 is 9.97. The topological polar surface area (TPSA) is 131 Å². The predicted molar refractivity (Wildman–Crippen MR) is 128 cm³/mol. The lowest BCUT2D eigenvalue weighted by Crippen LogP contribution is -2.44. The SMILES string of the molecule is COC(=O)CC[C@@H](NC(=O)C(C)CCNC(=O)OCC1c2ccccc2-c2ccccc21)C(=O)O. The molecule has 0 saturated heterocycles. The van der Waals surface area contributed by atoms with Crippen LogP contribution in [0.2, 0.25) is 0 Å². The minimum Gasteiger partial charge on any atom is -0.480 e. The van der Waals surface area contributed by atoms with Gasteiger partial charge in [-0.3, -0.25) is 9.59 Å². The molecule has 0 fully saturated rings. The Hall–Kier alpha value is -3.88. The molecule has 0 spiro atoms. The second-order valence-electron chi connectivity index (χ2n) is 8.46. The van der Waals surface area contributed by atoms with Gasteiger partial charge in [0.05, 0.1) is 7.11 Å². The first-order valence-electron chi connectivity index (χ1n) is 11.5. The van der Waals surface area contributed by atoms with Gasteiger partial charge in [-0.2, -0.15) is 0 Å². The molecule has 0 aromatic heterocycles. The lowest BCUT2D eigenvalue weighted by atomic mass is 9.98. The molecule has 0 radical (unpaired) electrons. The van der Waals surface area contributed by atoms with Gasteiger partial charge in [-0.25, -0.2) is 9.59 Å². The molecule has 2 aromatic carbocycles. The summed E-state index contributed by atoms with van der Waals surface area (Å²) in [6, 6.07) is 14.9. The van der Waals surface area contributed by atoms with Crippen LogP contribution in [0.15, 0.2) is 48.5 Å². The van der Waals surface area contributed by atoms with E-state index in [2.05, 4.69) is 27.5 Å². The molecule has 3 N–H and O–H groups in total. The standard InChI is InChI=1S/C26H30N2O7/c1-16(24(30)28-22(25(31)32)11-12-23(29)34-2)13-14-27-26(33)35-15-21-19-9-5-3-7-17(19)18-8-4-6-10-20(18)21/h3-10,16,21-22H,11-15H2,1-2H3,(H,27,33)(H,28,30)(H,31,32)/t16?,22-/m1/s1. The molecule has 1 aliphatic rings. The molecule has 2 atom stereocenters. The minimum absolute atomic E-state index is 0.0456. The van der Waals surface area contributed by atoms with Gasteiger partial charge < -0.3 is 25.2 Å². The van der Waals surface area contributed by atoms with Gasteiger partial charge in [0.15, 0.2) is 0 Å². The van der Waals surface area contributed by atoms with Gasteiger partial charge in [-0.1, -0.05) is 55.5 Å². The smallest absolute Gasteiger partial charge is 0.407 e. The van der Waals surface area contributed by atoms with Crippen molar-refractivity contribution in [1.29, 1.82) is 0 Å². The summed E-state index contributed by atoms with van der Waals surface area (Å²) in [6.45, 7) is 2.01. The summed E-state index contributed by atoms with van der Waals surface area (Å²) in [6.07, 6.45) is -0.482. The Balaban J connectivity index is 1.44. The van der Waals surface area contributed by atoms with E-state index < -0.39 is 35.9 Å². The zero-order valence-corrected chi connectivity index (χ0v) is 19.8. The molecule has 0 saturated carbocycles. The van der Waals surface area contributed by atoms with Crippen LogP contribution in [0.3, 0.4) is 0 Å². The average Bonchev–Trinajstić information content (AvgIpc) is 3.18. The molecule has 0 aliphatic heterocycles. The highest BCUT2D eigenvalue weighted by atomic mass is 16.5. The first kappa shape index (κ1) is 25.7. The number of nitrogens with one attached hydrogen (secondary N) is 2. The molecular weight excluding hydrogens is 452 g/mol. The van der Waals surface area contributed by atoms with Crippen molar-refractivity contribution in [3.63, 3.8) is 0 Å². The lowest BCUT2D eigenvalue weighted by molar-refractivity contribution is -0.144. The largest absolute Gasteiger partial charge is 0.480 e. The molecule has 1 unspecified atom stereocenters. The van der Waals surface area contributed by atoms with Crippen molar-refractivity contribution in [2.75, 3.05) is 20.3 Å². The fourth-order valence-corrected chi connectivity index (χ4v) is 4.11. The van der Waals surface area contributed by atoms with Gasteiger partial charge >= 0.3 is 18.0 Å². The first-order valence-corrected chi connectivity index (χ1v) is 11.5. The van der Waals surface area contributed by atoms with Crippen LogP contribution in [0, 0.1) is 5.92 Å². The van der Waals surface area contributed by atoms with Crippen molar-refractivity contribution in [2.24, 2.45) is 5.92 Å². The number of carboxylic acid groups (broad SMARTS) is 1. The van der Waals surface area contributed by atoms with E-state index in [1.54, 1.807) is 6.92 Å². The Kier molecular flexibility index (Phi) is 8.83. The van der Waals surface area contributed by atoms with E-state index in [1.165, 1.54) is 7.11 Å². The van der Waals surface area contributed by atoms with Crippen LogP contribution in [0.5, 0.6) is 0 Å². The number of carbonyl (C=O) groups excluding carboxylic acids is 3. The average molecular weight is 483 g/mol. The van der Waals surface area contributed by atoms with Crippen LogP contribution < -0.4 is 10.6 Å². The van der Waals surface area contributed by atoms with Crippen molar-refractivity contribution in [3.05, 3.63) is 59.7 Å². The molecule has 186 valence electrons. The predicted octanol–water partition coefficient (Wildman–Crippen LogP) is 3.07. The number of esters is 1. The normalized spacial score (nSPS) is 13.7. The molecule has 35 heavy (non-hydrogen) atoms. The fraction of sp³-hybridized carbons (Fsp3) is 0.385. The van der Waals surface area contributed by atoms with Crippen LogP contribution in [-0.2, 0) is 23.9 Å². The van der Waals surface area contributed by atoms with Crippen molar-refractivity contribution in [1.82, 2.24) is 10.6 Å². The van der Waals surface area contributed by atoms with Gasteiger partial charge in [0.2, 0.25) is 5.91 Å². The van der Waals surface area contributed by atoms with Gasteiger partial charge in [0.1, 0.15) is 12.6 Å². The number of rotatable bonds is 11. The summed E-state index contributed by atoms with van der Waals surface area (Å²) in [4.78, 5) is 47.2. The number of hydrogen-bond acceptors (Lipinski definition) is 6. The molecule has 3 rings (SSSR count). The van der Waals surface area contributed by atoms with Crippen molar-refractivity contribution < 1.29 is 33.8 Å². The van der Waals surface area contributed by atoms with Crippen LogP contribution >= 0.6 is 0 Å². The number of ether oxygens (including phenoxy) is 2. The van der Waals surface area contributed by atoms with Crippen LogP contribution in [0.25, 0.3) is 11.1 Å². The number of alkyl carbamates (subject to hydrolysis) is 1. The summed E-state index contributed by atoms with van der Waals surface area (Å²) in [5, 5.41) is 14.3. The molecule has 0 heterocycles. The molecule has 0 bridgehead atoms. The van der Waals surface area contributed by atoms with E-state index in [1.807, 2.05) is 36.4 Å². The lowest BCUT2D eigenvalue weighted by Gasteiger charge is -2.18. The maximum Gasteiger partial charge on any atom is 0.407 e. The van der Waals surface area contributed by atoms with Crippen LogP contribution in [0.1, 0.15) is 43.2 Å². The number of carbonyl (C=O) groups is 4. The van der Waals surface area contributed by atoms with Crippen molar-refractivity contribution >= 4 is 23.9 Å². The Labute approximate surface area is 203 Å². The summed E-state index contributed by atoms with van der Waals surface area (Å²) >= 11 is 0. The van der Waals surface area contributed by atoms with Gasteiger partial charge in [0, 0.05) is 24.8 Å². The summed E-state index contributed by atoms with van der Waals surface area (Å²) in [5.41, 5.74) is 4.52.